The third-order valence-corrected chi connectivity index (χ3v) is 0.824. The monoisotopic (exact) mass is 126 g/mol. The number of nitrogen functional groups attached to an aromatic ring is 1. The molecule has 4 N–H and O–H groups in total. The average molecular weight is 126 g/mol. The van der Waals surface area contributed by atoms with Gasteiger partial charge in [-0.05, 0) is 0 Å². The number of nitrogens with one attached hydrogen (secondary N) is 1. The first-order valence-corrected chi connectivity index (χ1v) is 2.28. The molecule has 0 bridgehead atoms. The van der Waals surface area contributed by atoms with E-state index in [9.17, 15) is 0 Å². The van der Waals surface area contributed by atoms with Gasteiger partial charge in [0.1, 0.15) is 0 Å². The highest BCUT2D eigenvalue weighted by Crippen LogP contribution is 1.88. The van der Waals surface area contributed by atoms with Gasteiger partial charge in [-0.2, -0.15) is 4.73 Å². The Bertz CT molecular complexity index is 266. The molecular formula is C4H6N4O. The first-order chi connectivity index (χ1) is 4.20. The summed E-state index contributed by atoms with van der Waals surface area (Å²) in [5, 5.41) is 15.5. The molecule has 0 unspecified atom stereocenters. The van der Waals surface area contributed by atoms with Gasteiger partial charge in [-0.25, -0.2) is 4.98 Å². The molecular weight excluding hydrogens is 120 g/mol. The molecule has 0 amide bonds. The van der Waals surface area contributed by atoms with E-state index in [4.69, 9.17) is 16.4 Å². The number of rotatable bonds is 0. The fraction of sp³-hybridized carbons (Fsp3) is 0. The smallest absolute Gasteiger partial charge is 0.255 e. The van der Waals surface area contributed by atoms with E-state index in [-0.39, 0.29) is 5.62 Å². The molecule has 1 heterocycles. The molecule has 0 aliphatic carbocycles. The summed E-state index contributed by atoms with van der Waals surface area (Å²) in [6.45, 7) is 0. The first kappa shape index (κ1) is 5.61. The van der Waals surface area contributed by atoms with Crippen molar-refractivity contribution in [2.45, 2.75) is 0 Å². The molecule has 9 heavy (non-hydrogen) atoms. The van der Waals surface area contributed by atoms with Crippen LogP contribution in [0.1, 0.15) is 0 Å². The minimum atomic E-state index is -0.232. The van der Waals surface area contributed by atoms with Crippen LogP contribution in [0.3, 0.4) is 0 Å². The zero-order chi connectivity index (χ0) is 6.85. The summed E-state index contributed by atoms with van der Waals surface area (Å²) in [5.74, 6) is 0. The van der Waals surface area contributed by atoms with Crippen molar-refractivity contribution < 1.29 is 5.21 Å². The molecule has 0 radical (unpaired) electrons. The van der Waals surface area contributed by atoms with E-state index < -0.39 is 0 Å². The second kappa shape index (κ2) is 1.77. The van der Waals surface area contributed by atoms with Crippen molar-refractivity contribution in [2.24, 2.45) is 0 Å². The summed E-state index contributed by atoms with van der Waals surface area (Å²) in [6.07, 6.45) is 2.50. The van der Waals surface area contributed by atoms with Gasteiger partial charge in [0.05, 0.1) is 18.1 Å². The lowest BCUT2D eigenvalue weighted by Crippen LogP contribution is -2.20. The van der Waals surface area contributed by atoms with E-state index in [1.54, 1.807) is 0 Å². The van der Waals surface area contributed by atoms with E-state index in [0.29, 0.717) is 10.4 Å². The third kappa shape index (κ3) is 0.987. The van der Waals surface area contributed by atoms with E-state index in [1.807, 2.05) is 0 Å². The maximum Gasteiger partial charge on any atom is 0.255 e. The van der Waals surface area contributed by atoms with Crippen molar-refractivity contribution in [3.8, 4) is 0 Å². The van der Waals surface area contributed by atoms with Crippen LogP contribution in [-0.2, 0) is 0 Å². The Balaban J connectivity index is 3.34. The van der Waals surface area contributed by atoms with Crippen LogP contribution in [0.4, 0.5) is 5.69 Å². The Morgan fingerprint density at radius 2 is 2.44 bits per heavy atom. The second-order valence-electron chi connectivity index (χ2n) is 1.56. The standard InChI is InChI=1S/C4H6N4O/c5-3-1-7-4(6)8(9)2-3/h1-2,6,9H,5H2. The van der Waals surface area contributed by atoms with Crippen molar-refractivity contribution in [1.29, 1.82) is 5.41 Å². The van der Waals surface area contributed by atoms with Crippen LogP contribution in [0.15, 0.2) is 12.4 Å². The highest BCUT2D eigenvalue weighted by molar-refractivity contribution is 5.29. The molecule has 0 aliphatic rings. The van der Waals surface area contributed by atoms with Gasteiger partial charge in [0.15, 0.2) is 0 Å². The second-order valence-corrected chi connectivity index (χ2v) is 1.56. The summed E-state index contributed by atoms with van der Waals surface area (Å²) in [6, 6.07) is 0. The molecule has 0 saturated heterocycles. The number of aromatic nitrogens is 2. The number of hydrogen-bond donors (Lipinski definition) is 3. The Morgan fingerprint density at radius 3 is 2.89 bits per heavy atom. The van der Waals surface area contributed by atoms with Gasteiger partial charge in [-0.1, -0.05) is 0 Å². The van der Waals surface area contributed by atoms with Gasteiger partial charge >= 0.3 is 0 Å². The average Bonchev–Trinajstić information content (AvgIpc) is 1.80. The third-order valence-electron chi connectivity index (χ3n) is 0.824. The number of hydrogen-bond acceptors (Lipinski definition) is 4. The Hall–Kier alpha value is -1.52. The van der Waals surface area contributed by atoms with Crippen molar-refractivity contribution in [1.82, 2.24) is 9.71 Å². The molecule has 1 rings (SSSR count). The molecule has 0 spiro atoms. The maximum absolute atomic E-state index is 8.69. The first-order valence-electron chi connectivity index (χ1n) is 2.28. The van der Waals surface area contributed by atoms with Gasteiger partial charge in [0, 0.05) is 0 Å². The highest BCUT2D eigenvalue weighted by Gasteiger charge is 1.87. The molecule has 1 aromatic rings. The topological polar surface area (TPSA) is 87.9 Å². The molecule has 0 atom stereocenters. The maximum atomic E-state index is 8.69. The lowest BCUT2D eigenvalue weighted by molar-refractivity contribution is 0.165. The molecule has 0 aliphatic heterocycles. The normalized spacial score (nSPS) is 9.33. The molecule has 48 valence electrons. The van der Waals surface area contributed by atoms with Crippen molar-refractivity contribution in [2.75, 3.05) is 5.73 Å². The van der Waals surface area contributed by atoms with Gasteiger partial charge in [-0.3, -0.25) is 5.41 Å². The Morgan fingerprint density at radius 1 is 1.78 bits per heavy atom. The predicted octanol–water partition coefficient (Wildman–Crippen LogP) is -0.818. The Kier molecular flexibility index (Phi) is 1.11. The van der Waals surface area contributed by atoms with Crippen LogP contribution in [0, 0.1) is 5.41 Å². The van der Waals surface area contributed by atoms with Gasteiger partial charge < -0.3 is 10.9 Å². The SMILES string of the molecule is N=c1ncc(N)cn1O. The quantitative estimate of drug-likeness (QED) is 0.397. The summed E-state index contributed by atoms with van der Waals surface area (Å²) in [7, 11) is 0. The van der Waals surface area contributed by atoms with Crippen LogP contribution in [0.2, 0.25) is 0 Å². The van der Waals surface area contributed by atoms with Crippen LogP contribution < -0.4 is 11.4 Å². The van der Waals surface area contributed by atoms with Crippen LogP contribution >= 0.6 is 0 Å². The zero-order valence-corrected chi connectivity index (χ0v) is 4.57. The highest BCUT2D eigenvalue weighted by atomic mass is 16.5. The minimum Gasteiger partial charge on any atom is -0.425 e. The van der Waals surface area contributed by atoms with Crippen LogP contribution in [0.5, 0.6) is 0 Å². The predicted molar refractivity (Wildman–Crippen MR) is 29.7 cm³/mol. The van der Waals surface area contributed by atoms with E-state index in [2.05, 4.69) is 4.98 Å². The van der Waals surface area contributed by atoms with Crippen molar-refractivity contribution in [3.05, 3.63) is 18.0 Å². The molecule has 1 aromatic heterocycles. The molecule has 5 nitrogen and oxygen atoms in total. The van der Waals surface area contributed by atoms with Gasteiger partial charge in [0.2, 0.25) is 0 Å². The number of nitrogens with two attached hydrogens (primary N) is 1. The summed E-state index contributed by atoms with van der Waals surface area (Å²) >= 11 is 0. The fourth-order valence-electron chi connectivity index (χ4n) is 0.431. The molecule has 0 fully saturated rings. The van der Waals surface area contributed by atoms with E-state index in [1.165, 1.54) is 12.4 Å². The van der Waals surface area contributed by atoms with E-state index >= 15 is 0 Å². The Labute approximate surface area is 50.9 Å². The largest absolute Gasteiger partial charge is 0.425 e. The minimum absolute atomic E-state index is 0.232. The van der Waals surface area contributed by atoms with Gasteiger partial charge in [0.25, 0.3) is 5.62 Å². The summed E-state index contributed by atoms with van der Waals surface area (Å²) in [4.78, 5) is 3.43. The van der Waals surface area contributed by atoms with Crippen LogP contribution in [-0.4, -0.2) is 14.9 Å². The lowest BCUT2D eigenvalue weighted by Gasteiger charge is -1.94. The zero-order valence-electron chi connectivity index (χ0n) is 4.57. The van der Waals surface area contributed by atoms with Crippen molar-refractivity contribution >= 4 is 5.69 Å². The summed E-state index contributed by atoms with van der Waals surface area (Å²) in [5.41, 5.74) is 5.30. The molecule has 5 heteroatoms. The van der Waals surface area contributed by atoms with Crippen LogP contribution in [0.25, 0.3) is 0 Å². The lowest BCUT2D eigenvalue weighted by atomic mass is 10.6. The van der Waals surface area contributed by atoms with E-state index in [0.717, 1.165) is 0 Å². The fourth-order valence-corrected chi connectivity index (χ4v) is 0.431. The molecule has 0 aromatic carbocycles. The number of anilines is 1. The number of nitrogens with zero attached hydrogens (tertiary/aromatic N) is 2. The molecule has 0 saturated carbocycles. The summed E-state index contributed by atoms with van der Waals surface area (Å²) < 4.78 is 0.551. The van der Waals surface area contributed by atoms with Gasteiger partial charge in [-0.15, -0.1) is 0 Å². The van der Waals surface area contributed by atoms with Crippen molar-refractivity contribution in [3.63, 3.8) is 0 Å².